The molecule has 1 amide bonds. The summed E-state index contributed by atoms with van der Waals surface area (Å²) in [6.45, 7) is 4.98. The monoisotopic (exact) mass is 1170 g/mol. The van der Waals surface area contributed by atoms with Gasteiger partial charge in [0.15, 0.2) is 0 Å². The number of hydrogen-bond donors (Lipinski definition) is 3. The van der Waals surface area contributed by atoms with Gasteiger partial charge in [-0.2, -0.15) is 0 Å². The van der Waals surface area contributed by atoms with E-state index in [2.05, 4.69) is 31.3 Å². The third kappa shape index (κ3) is 69.6. The van der Waals surface area contributed by atoms with Crippen molar-refractivity contribution in [3.8, 4) is 0 Å². The van der Waals surface area contributed by atoms with Crippen LogP contribution >= 0.6 is 0 Å². The highest BCUT2D eigenvalue weighted by molar-refractivity contribution is 5.76. The zero-order chi connectivity index (χ0) is 59.9. The number of carbonyl (C=O) groups is 2. The lowest BCUT2D eigenvalue weighted by Crippen LogP contribution is -2.45. The molecule has 0 heterocycles. The van der Waals surface area contributed by atoms with E-state index in [0.717, 1.165) is 44.9 Å². The number of esters is 1. The lowest BCUT2D eigenvalue weighted by Gasteiger charge is -2.22. The van der Waals surface area contributed by atoms with Gasteiger partial charge in [0.05, 0.1) is 25.4 Å². The SMILES string of the molecule is CCCCC/C=C\CCCCCCCC(=O)OCCCCCCCCCCCCCCCCCCCCCCCCCCCCCCCCCC(=O)NC(CO)C(O)CCCCCCCCCCCCCCCCCCCCCCCCC. The van der Waals surface area contributed by atoms with Gasteiger partial charge in [-0.15, -0.1) is 0 Å². The molecule has 0 aliphatic heterocycles. The minimum atomic E-state index is -0.662. The van der Waals surface area contributed by atoms with Crippen molar-refractivity contribution >= 4 is 11.9 Å². The molecule has 0 bridgehead atoms. The maximum atomic E-state index is 12.6. The van der Waals surface area contributed by atoms with E-state index in [1.807, 2.05) is 0 Å². The van der Waals surface area contributed by atoms with Gasteiger partial charge in [0.25, 0.3) is 0 Å². The molecule has 0 aliphatic rings. The Morgan fingerprint density at radius 3 is 0.880 bits per heavy atom. The Morgan fingerprint density at radius 1 is 0.325 bits per heavy atom. The Hall–Kier alpha value is -1.40. The normalized spacial score (nSPS) is 12.5. The van der Waals surface area contributed by atoms with Gasteiger partial charge in [0.2, 0.25) is 5.91 Å². The molecular formula is C77H151NO5. The van der Waals surface area contributed by atoms with Crippen molar-refractivity contribution in [3.63, 3.8) is 0 Å². The topological polar surface area (TPSA) is 95.9 Å². The van der Waals surface area contributed by atoms with Crippen molar-refractivity contribution < 1.29 is 24.5 Å². The maximum Gasteiger partial charge on any atom is 0.305 e. The second kappa shape index (κ2) is 73.1. The van der Waals surface area contributed by atoms with E-state index in [9.17, 15) is 19.8 Å². The van der Waals surface area contributed by atoms with Crippen LogP contribution < -0.4 is 5.32 Å². The lowest BCUT2D eigenvalue weighted by molar-refractivity contribution is -0.143. The highest BCUT2D eigenvalue weighted by atomic mass is 16.5. The quantitative estimate of drug-likeness (QED) is 0.0320. The molecule has 0 rings (SSSR count). The van der Waals surface area contributed by atoms with Gasteiger partial charge < -0.3 is 20.3 Å². The van der Waals surface area contributed by atoms with Gasteiger partial charge in [-0.25, -0.2) is 0 Å². The fourth-order valence-corrected chi connectivity index (χ4v) is 12.5. The van der Waals surface area contributed by atoms with Gasteiger partial charge >= 0.3 is 5.97 Å². The molecule has 6 nitrogen and oxygen atoms in total. The van der Waals surface area contributed by atoms with Crippen LogP contribution in [0.4, 0.5) is 0 Å². The van der Waals surface area contributed by atoms with Crippen LogP contribution in [-0.2, 0) is 14.3 Å². The third-order valence-electron chi connectivity index (χ3n) is 18.3. The third-order valence-corrected chi connectivity index (χ3v) is 18.3. The largest absolute Gasteiger partial charge is 0.466 e. The summed E-state index contributed by atoms with van der Waals surface area (Å²) in [5.41, 5.74) is 0. The number of allylic oxidation sites excluding steroid dienone is 2. The van der Waals surface area contributed by atoms with Crippen molar-refractivity contribution in [2.45, 2.75) is 456 Å². The molecule has 0 aliphatic carbocycles. The standard InChI is InChI=1S/C77H151NO5/c1-3-5-7-9-11-13-15-17-18-19-20-21-31-34-37-40-43-46-49-53-57-61-65-69-75(80)74(73-79)78-76(81)70-66-62-58-54-50-47-44-41-38-35-32-29-27-25-23-22-24-26-28-30-33-36-39-42-45-48-52-56-60-64-68-72-83-77(82)71-67-63-59-55-51-16-14-12-10-8-6-4-2/h12,14,74-75,79-80H,3-11,13,15-73H2,1-2H3,(H,78,81)/b14-12-. The van der Waals surface area contributed by atoms with Gasteiger partial charge in [-0.1, -0.05) is 392 Å². The van der Waals surface area contributed by atoms with E-state index in [4.69, 9.17) is 4.74 Å². The van der Waals surface area contributed by atoms with Crippen LogP contribution in [0.3, 0.4) is 0 Å². The Morgan fingerprint density at radius 2 is 0.566 bits per heavy atom. The van der Waals surface area contributed by atoms with E-state index >= 15 is 0 Å². The highest BCUT2D eigenvalue weighted by Gasteiger charge is 2.20. The van der Waals surface area contributed by atoms with E-state index in [0.29, 0.717) is 25.9 Å². The van der Waals surface area contributed by atoms with E-state index < -0.39 is 12.1 Å². The first-order chi connectivity index (χ1) is 41.0. The lowest BCUT2D eigenvalue weighted by atomic mass is 10.0. The van der Waals surface area contributed by atoms with Crippen molar-refractivity contribution in [3.05, 3.63) is 12.2 Å². The Bertz CT molecular complexity index is 1260. The fraction of sp³-hybridized carbons (Fsp3) is 0.948. The van der Waals surface area contributed by atoms with Crippen LogP contribution in [0.5, 0.6) is 0 Å². The van der Waals surface area contributed by atoms with Gasteiger partial charge in [0, 0.05) is 12.8 Å². The summed E-state index contributed by atoms with van der Waals surface area (Å²) >= 11 is 0. The number of amides is 1. The molecule has 0 saturated heterocycles. The van der Waals surface area contributed by atoms with Gasteiger partial charge in [-0.3, -0.25) is 9.59 Å². The van der Waals surface area contributed by atoms with Crippen LogP contribution in [-0.4, -0.2) is 47.4 Å². The van der Waals surface area contributed by atoms with E-state index in [1.165, 1.54) is 366 Å². The summed E-state index contributed by atoms with van der Waals surface area (Å²) in [5, 5.41) is 23.5. The van der Waals surface area contributed by atoms with Crippen LogP contribution in [0.2, 0.25) is 0 Å². The van der Waals surface area contributed by atoms with Crippen LogP contribution in [0.25, 0.3) is 0 Å². The molecular weight excluding hydrogens is 1020 g/mol. The number of unbranched alkanes of at least 4 members (excludes halogenated alkanes) is 60. The molecule has 494 valence electrons. The average molecular weight is 1170 g/mol. The predicted octanol–water partition coefficient (Wildman–Crippen LogP) is 25.1. The summed E-state index contributed by atoms with van der Waals surface area (Å²) < 4.78 is 5.48. The van der Waals surface area contributed by atoms with Crippen LogP contribution in [0.15, 0.2) is 12.2 Å². The molecule has 2 atom stereocenters. The molecule has 0 radical (unpaired) electrons. The maximum absolute atomic E-state index is 12.6. The van der Waals surface area contributed by atoms with E-state index in [1.54, 1.807) is 0 Å². The van der Waals surface area contributed by atoms with Crippen LogP contribution in [0.1, 0.15) is 444 Å². The predicted molar refractivity (Wildman–Crippen MR) is 366 cm³/mol. The molecule has 2 unspecified atom stereocenters. The van der Waals surface area contributed by atoms with E-state index in [-0.39, 0.29) is 18.5 Å². The fourth-order valence-electron chi connectivity index (χ4n) is 12.5. The van der Waals surface area contributed by atoms with Gasteiger partial charge in [0.1, 0.15) is 0 Å². The first-order valence-corrected chi connectivity index (χ1v) is 38.4. The smallest absolute Gasteiger partial charge is 0.305 e. The molecule has 3 N–H and O–H groups in total. The number of carbonyl (C=O) groups excluding carboxylic acids is 2. The molecule has 0 aromatic rings. The summed E-state index contributed by atoms with van der Waals surface area (Å²) in [6.07, 6.45) is 91.5. The summed E-state index contributed by atoms with van der Waals surface area (Å²) in [5.74, 6) is -0.0133. The van der Waals surface area contributed by atoms with Crippen molar-refractivity contribution in [1.29, 1.82) is 0 Å². The molecule has 83 heavy (non-hydrogen) atoms. The first-order valence-electron chi connectivity index (χ1n) is 38.4. The number of rotatable bonds is 73. The number of ether oxygens (including phenoxy) is 1. The highest BCUT2D eigenvalue weighted by Crippen LogP contribution is 2.20. The molecule has 0 fully saturated rings. The zero-order valence-electron chi connectivity index (χ0n) is 56.7. The summed E-state index contributed by atoms with van der Waals surface area (Å²) in [6, 6.07) is -0.539. The number of aliphatic hydroxyl groups excluding tert-OH is 2. The van der Waals surface area contributed by atoms with Gasteiger partial charge in [-0.05, 0) is 51.4 Å². The minimum absolute atomic E-state index is 0.0116. The Labute approximate surface area is 520 Å². The minimum Gasteiger partial charge on any atom is -0.466 e. The molecule has 6 heteroatoms. The molecule has 0 saturated carbocycles. The zero-order valence-corrected chi connectivity index (χ0v) is 56.7. The Kier molecular flexibility index (Phi) is 71.8. The summed E-state index contributed by atoms with van der Waals surface area (Å²) in [4.78, 5) is 24.6. The summed E-state index contributed by atoms with van der Waals surface area (Å²) in [7, 11) is 0. The average Bonchev–Trinajstić information content (AvgIpc) is 3.49. The molecule has 0 aromatic heterocycles. The Balaban J connectivity index is 3.33. The number of hydrogen-bond acceptors (Lipinski definition) is 5. The number of aliphatic hydroxyl groups is 2. The second-order valence-electron chi connectivity index (χ2n) is 26.7. The molecule has 0 spiro atoms. The van der Waals surface area contributed by atoms with Crippen molar-refractivity contribution in [1.82, 2.24) is 5.32 Å². The van der Waals surface area contributed by atoms with Crippen LogP contribution in [0, 0.1) is 0 Å². The first kappa shape index (κ1) is 81.6. The number of nitrogens with one attached hydrogen (secondary N) is 1. The van der Waals surface area contributed by atoms with Crippen molar-refractivity contribution in [2.75, 3.05) is 13.2 Å². The second-order valence-corrected chi connectivity index (χ2v) is 26.7. The molecule has 0 aromatic carbocycles. The van der Waals surface area contributed by atoms with Crippen molar-refractivity contribution in [2.24, 2.45) is 0 Å².